The fraction of sp³-hybridized carbons (Fsp3) is 0.400. The summed E-state index contributed by atoms with van der Waals surface area (Å²) in [6, 6.07) is 6.08. The van der Waals surface area contributed by atoms with Crippen LogP contribution < -0.4 is 10.1 Å². The van der Waals surface area contributed by atoms with Crippen LogP contribution in [-0.2, 0) is 19.6 Å². The zero-order valence-corrected chi connectivity index (χ0v) is 14.2. The highest BCUT2D eigenvalue weighted by Gasteiger charge is 2.04. The summed E-state index contributed by atoms with van der Waals surface area (Å²) < 4.78 is 6.93. The molecule has 0 radical (unpaired) electrons. The van der Waals surface area contributed by atoms with Crippen LogP contribution in [0.5, 0.6) is 5.75 Å². The number of benzene rings is 1. The van der Waals surface area contributed by atoms with Crippen LogP contribution in [-0.4, -0.2) is 11.5 Å². The smallest absolute Gasteiger partial charge is 0.131 e. The number of rotatable bonds is 7. The Morgan fingerprint density at radius 1 is 1.35 bits per heavy atom. The number of aryl methyl sites for hydroxylation is 1. The molecule has 0 aliphatic rings. The lowest BCUT2D eigenvalue weighted by atomic mass is 10.2. The lowest BCUT2D eigenvalue weighted by molar-refractivity contribution is 0.301. The third kappa shape index (κ3) is 4.30. The van der Waals surface area contributed by atoms with Gasteiger partial charge in [-0.15, -0.1) is 11.3 Å². The van der Waals surface area contributed by atoms with Crippen LogP contribution in [0, 0.1) is 0 Å². The molecule has 2 rings (SSSR count). The van der Waals surface area contributed by atoms with Gasteiger partial charge in [0.25, 0.3) is 0 Å². The molecule has 0 aliphatic carbocycles. The van der Waals surface area contributed by atoms with E-state index in [0.29, 0.717) is 6.61 Å². The first-order chi connectivity index (χ1) is 9.72. The lowest BCUT2D eigenvalue weighted by Gasteiger charge is -2.09. The van der Waals surface area contributed by atoms with Crippen LogP contribution in [0.4, 0.5) is 0 Å². The summed E-state index contributed by atoms with van der Waals surface area (Å²) in [5.74, 6) is 0.882. The van der Waals surface area contributed by atoms with Crippen molar-refractivity contribution in [2.45, 2.75) is 33.4 Å². The van der Waals surface area contributed by atoms with E-state index < -0.39 is 0 Å². The molecule has 3 nitrogen and oxygen atoms in total. The van der Waals surface area contributed by atoms with E-state index in [2.05, 4.69) is 51.5 Å². The molecule has 0 amide bonds. The van der Waals surface area contributed by atoms with Gasteiger partial charge in [-0.1, -0.05) is 29.8 Å². The average Bonchev–Trinajstić information content (AvgIpc) is 2.93. The van der Waals surface area contributed by atoms with Crippen LogP contribution >= 0.6 is 27.3 Å². The van der Waals surface area contributed by atoms with Gasteiger partial charge in [-0.2, -0.15) is 0 Å². The van der Waals surface area contributed by atoms with Gasteiger partial charge in [-0.25, -0.2) is 4.98 Å². The highest BCUT2D eigenvalue weighted by atomic mass is 79.9. The second-order valence-corrected chi connectivity index (χ2v) is 6.21. The second-order valence-electron chi connectivity index (χ2n) is 4.41. The molecule has 0 unspecified atom stereocenters. The third-order valence-corrected chi connectivity index (χ3v) is 4.69. The Morgan fingerprint density at radius 2 is 2.20 bits per heavy atom. The topological polar surface area (TPSA) is 34.1 Å². The number of nitrogens with zero attached hydrogens (tertiary/aromatic N) is 1. The Labute approximate surface area is 132 Å². The lowest BCUT2D eigenvalue weighted by Crippen LogP contribution is -2.12. The van der Waals surface area contributed by atoms with Gasteiger partial charge < -0.3 is 10.1 Å². The number of thiazole rings is 1. The number of hydrogen-bond acceptors (Lipinski definition) is 4. The summed E-state index contributed by atoms with van der Waals surface area (Å²) in [5.41, 5.74) is 2.21. The predicted octanol–water partition coefficient (Wildman–Crippen LogP) is 4.16. The molecule has 0 spiro atoms. The van der Waals surface area contributed by atoms with Crippen LogP contribution in [0.15, 0.2) is 28.1 Å². The SMILES string of the molecule is CCNCc1cc(OCc2csc(CC)n2)ccc1Br. The van der Waals surface area contributed by atoms with Crippen LogP contribution in [0.2, 0.25) is 0 Å². The minimum absolute atomic E-state index is 0.527. The van der Waals surface area contributed by atoms with Crippen molar-refractivity contribution in [1.82, 2.24) is 10.3 Å². The number of aromatic nitrogens is 1. The maximum Gasteiger partial charge on any atom is 0.131 e. The molecule has 0 fully saturated rings. The zero-order valence-electron chi connectivity index (χ0n) is 11.8. The predicted molar refractivity (Wildman–Crippen MR) is 87.3 cm³/mol. The highest BCUT2D eigenvalue weighted by Crippen LogP contribution is 2.23. The van der Waals surface area contributed by atoms with E-state index >= 15 is 0 Å². The van der Waals surface area contributed by atoms with E-state index in [9.17, 15) is 0 Å². The van der Waals surface area contributed by atoms with Crippen molar-refractivity contribution in [3.8, 4) is 5.75 Å². The summed E-state index contributed by atoms with van der Waals surface area (Å²) in [6.07, 6.45) is 0.982. The van der Waals surface area contributed by atoms with Gasteiger partial charge in [0.15, 0.2) is 0 Å². The molecule has 0 saturated carbocycles. The highest BCUT2D eigenvalue weighted by molar-refractivity contribution is 9.10. The van der Waals surface area contributed by atoms with E-state index in [1.54, 1.807) is 11.3 Å². The number of ether oxygens (including phenoxy) is 1. The van der Waals surface area contributed by atoms with Crippen LogP contribution in [0.25, 0.3) is 0 Å². The Hall–Kier alpha value is -0.910. The Morgan fingerprint density at radius 3 is 2.90 bits per heavy atom. The van der Waals surface area contributed by atoms with Crippen LogP contribution in [0.3, 0.4) is 0 Å². The van der Waals surface area contributed by atoms with E-state index in [-0.39, 0.29) is 0 Å². The maximum atomic E-state index is 5.82. The minimum atomic E-state index is 0.527. The molecule has 108 valence electrons. The van der Waals surface area contributed by atoms with Crippen LogP contribution in [0.1, 0.15) is 30.1 Å². The van der Waals surface area contributed by atoms with Gasteiger partial charge in [0.2, 0.25) is 0 Å². The van der Waals surface area contributed by atoms with Crippen molar-refractivity contribution in [3.63, 3.8) is 0 Å². The van der Waals surface area contributed by atoms with Gasteiger partial charge in [-0.3, -0.25) is 0 Å². The normalized spacial score (nSPS) is 10.8. The third-order valence-electron chi connectivity index (χ3n) is 2.87. The molecule has 20 heavy (non-hydrogen) atoms. The zero-order chi connectivity index (χ0) is 14.4. The summed E-state index contributed by atoms with van der Waals surface area (Å²) in [7, 11) is 0. The Balaban J connectivity index is 1.98. The van der Waals surface area contributed by atoms with Gasteiger partial charge in [0.05, 0.1) is 10.7 Å². The van der Waals surface area contributed by atoms with E-state index in [0.717, 1.165) is 40.4 Å². The maximum absolute atomic E-state index is 5.82. The van der Waals surface area contributed by atoms with Gasteiger partial charge in [0.1, 0.15) is 12.4 Å². The molecule has 0 aliphatic heterocycles. The molecule has 5 heteroatoms. The van der Waals surface area contributed by atoms with Crippen molar-refractivity contribution < 1.29 is 4.74 Å². The van der Waals surface area contributed by atoms with Crippen molar-refractivity contribution in [2.24, 2.45) is 0 Å². The molecule has 0 bridgehead atoms. The quantitative estimate of drug-likeness (QED) is 0.810. The molecular weight excluding hydrogens is 336 g/mol. The Kier molecular flexibility index (Phi) is 6.01. The van der Waals surface area contributed by atoms with E-state index in [1.165, 1.54) is 5.56 Å². The first kappa shape index (κ1) is 15.5. The summed E-state index contributed by atoms with van der Waals surface area (Å²) in [4.78, 5) is 4.51. The summed E-state index contributed by atoms with van der Waals surface area (Å²) in [5, 5.41) is 6.55. The van der Waals surface area contributed by atoms with Crippen molar-refractivity contribution in [1.29, 1.82) is 0 Å². The fourth-order valence-corrected chi connectivity index (χ4v) is 2.89. The largest absolute Gasteiger partial charge is 0.487 e. The molecular formula is C15H19BrN2OS. The van der Waals surface area contributed by atoms with E-state index in [4.69, 9.17) is 4.74 Å². The monoisotopic (exact) mass is 354 g/mol. The first-order valence-corrected chi connectivity index (χ1v) is 8.45. The van der Waals surface area contributed by atoms with Crippen molar-refractivity contribution in [3.05, 3.63) is 44.3 Å². The summed E-state index contributed by atoms with van der Waals surface area (Å²) in [6.45, 7) is 6.53. The number of nitrogens with one attached hydrogen (secondary N) is 1. The molecule has 0 atom stereocenters. The molecule has 1 N–H and O–H groups in total. The molecule has 1 aromatic heterocycles. The number of hydrogen-bond donors (Lipinski definition) is 1. The number of halogens is 1. The average molecular weight is 355 g/mol. The second kappa shape index (κ2) is 7.76. The summed E-state index contributed by atoms with van der Waals surface area (Å²) >= 11 is 5.26. The van der Waals surface area contributed by atoms with E-state index in [1.807, 2.05) is 12.1 Å². The van der Waals surface area contributed by atoms with Crippen molar-refractivity contribution >= 4 is 27.3 Å². The molecule has 0 saturated heterocycles. The molecule has 1 heterocycles. The van der Waals surface area contributed by atoms with Gasteiger partial charge >= 0.3 is 0 Å². The van der Waals surface area contributed by atoms with Crippen molar-refractivity contribution in [2.75, 3.05) is 6.54 Å². The first-order valence-electron chi connectivity index (χ1n) is 6.78. The van der Waals surface area contributed by atoms with Gasteiger partial charge in [0, 0.05) is 16.4 Å². The minimum Gasteiger partial charge on any atom is -0.487 e. The fourth-order valence-electron chi connectivity index (χ4n) is 1.77. The molecule has 1 aromatic carbocycles. The standard InChI is InChI=1S/C15H19BrN2OS/c1-3-15-18-12(10-20-15)9-19-13-5-6-14(16)11(7-13)8-17-4-2/h5-7,10,17H,3-4,8-9H2,1-2H3. The van der Waals surface area contributed by atoms with Gasteiger partial charge in [-0.05, 0) is 36.7 Å². The Bertz CT molecular complexity index is 557. The molecule has 2 aromatic rings.